The molecule has 0 saturated carbocycles. The van der Waals surface area contributed by atoms with Crippen molar-refractivity contribution >= 4 is 33.3 Å². The molecule has 130 valence electrons. The zero-order valence-electron chi connectivity index (χ0n) is 14.1. The van der Waals surface area contributed by atoms with Crippen molar-refractivity contribution in [2.45, 2.75) is 20.3 Å². The van der Waals surface area contributed by atoms with E-state index in [2.05, 4.69) is 15.3 Å². The molecule has 2 heterocycles. The van der Waals surface area contributed by atoms with Gasteiger partial charge in [0, 0.05) is 6.54 Å². The summed E-state index contributed by atoms with van der Waals surface area (Å²) in [7, 11) is 0. The lowest BCUT2D eigenvalue weighted by atomic mass is 10.1. The minimum Gasteiger partial charge on any atom is -0.508 e. The second-order valence-corrected chi connectivity index (χ2v) is 6.52. The van der Waals surface area contributed by atoms with Crippen molar-refractivity contribution < 1.29 is 14.6 Å². The molecule has 25 heavy (non-hydrogen) atoms. The van der Waals surface area contributed by atoms with E-state index in [0.717, 1.165) is 27.8 Å². The second kappa shape index (κ2) is 7.48. The average molecular weight is 357 g/mol. The van der Waals surface area contributed by atoms with E-state index in [1.165, 1.54) is 17.7 Å². The van der Waals surface area contributed by atoms with E-state index in [0.29, 0.717) is 23.8 Å². The van der Waals surface area contributed by atoms with Gasteiger partial charge in [0.1, 0.15) is 27.6 Å². The Morgan fingerprint density at radius 2 is 2.04 bits per heavy atom. The summed E-state index contributed by atoms with van der Waals surface area (Å²) in [5, 5.41) is 13.5. The molecule has 0 aliphatic heterocycles. The van der Waals surface area contributed by atoms with E-state index in [-0.39, 0.29) is 11.7 Å². The van der Waals surface area contributed by atoms with Crippen molar-refractivity contribution in [2.24, 2.45) is 0 Å². The molecule has 1 aromatic carbocycles. The number of rotatable bonds is 6. The van der Waals surface area contributed by atoms with E-state index in [1.807, 2.05) is 19.1 Å². The zero-order valence-corrected chi connectivity index (χ0v) is 14.9. The Balaban J connectivity index is 1.79. The van der Waals surface area contributed by atoms with Gasteiger partial charge in [-0.05, 0) is 43.5 Å². The molecule has 0 amide bonds. The van der Waals surface area contributed by atoms with Crippen LogP contribution in [-0.2, 0) is 11.2 Å². The Kier molecular flexibility index (Phi) is 5.14. The predicted molar refractivity (Wildman–Crippen MR) is 98.4 cm³/mol. The number of esters is 1. The Labute approximate surface area is 149 Å². The van der Waals surface area contributed by atoms with E-state index < -0.39 is 0 Å². The Hall–Kier alpha value is -2.67. The molecule has 6 nitrogen and oxygen atoms in total. The molecule has 3 aromatic rings. The average Bonchev–Trinajstić information content (AvgIpc) is 2.95. The number of carbonyl (C=O) groups is 1. The highest BCUT2D eigenvalue weighted by molar-refractivity contribution is 7.20. The van der Waals surface area contributed by atoms with Crippen LogP contribution < -0.4 is 5.32 Å². The van der Waals surface area contributed by atoms with Gasteiger partial charge in [-0.1, -0.05) is 12.1 Å². The van der Waals surface area contributed by atoms with E-state index in [1.54, 1.807) is 19.1 Å². The summed E-state index contributed by atoms with van der Waals surface area (Å²) in [5.74, 6) is 0.653. The molecule has 0 radical (unpaired) electrons. The van der Waals surface area contributed by atoms with Crippen LogP contribution in [0.15, 0.2) is 30.6 Å². The van der Waals surface area contributed by atoms with Gasteiger partial charge in [0.2, 0.25) is 0 Å². The third-order valence-electron chi connectivity index (χ3n) is 3.83. The van der Waals surface area contributed by atoms with Crippen LogP contribution >= 0.6 is 11.3 Å². The first-order valence-corrected chi connectivity index (χ1v) is 8.84. The number of aryl methyl sites for hydroxylation is 1. The molecule has 3 rings (SSSR count). The number of ether oxygens (including phenoxy) is 1. The molecular formula is C18H19N3O3S. The zero-order chi connectivity index (χ0) is 17.8. The number of hydrogen-bond donors (Lipinski definition) is 2. The number of nitrogens with one attached hydrogen (secondary N) is 1. The maximum atomic E-state index is 12.1. The molecular weight excluding hydrogens is 338 g/mol. The maximum Gasteiger partial charge on any atom is 0.348 e. The summed E-state index contributed by atoms with van der Waals surface area (Å²) in [4.78, 5) is 22.0. The first-order chi connectivity index (χ1) is 12.1. The number of aromatic nitrogens is 2. The van der Waals surface area contributed by atoms with Crippen molar-refractivity contribution in [3.63, 3.8) is 0 Å². The number of benzene rings is 1. The van der Waals surface area contributed by atoms with Gasteiger partial charge in [-0.3, -0.25) is 0 Å². The molecule has 2 N–H and O–H groups in total. The molecule has 0 unspecified atom stereocenters. The van der Waals surface area contributed by atoms with E-state index in [9.17, 15) is 9.90 Å². The van der Waals surface area contributed by atoms with E-state index >= 15 is 0 Å². The minimum absolute atomic E-state index is 0.259. The largest absolute Gasteiger partial charge is 0.508 e. The lowest BCUT2D eigenvalue weighted by Crippen LogP contribution is -2.07. The highest BCUT2D eigenvalue weighted by Gasteiger charge is 2.19. The third-order valence-corrected chi connectivity index (χ3v) is 5.01. The number of aromatic hydroxyl groups is 1. The number of phenols is 1. The summed E-state index contributed by atoms with van der Waals surface area (Å²) >= 11 is 1.32. The van der Waals surface area contributed by atoms with Crippen LogP contribution in [0.25, 0.3) is 10.2 Å². The molecule has 7 heteroatoms. The van der Waals surface area contributed by atoms with Crippen molar-refractivity contribution in [1.29, 1.82) is 0 Å². The minimum atomic E-state index is -0.321. The fourth-order valence-electron chi connectivity index (χ4n) is 2.58. The smallest absolute Gasteiger partial charge is 0.348 e. The van der Waals surface area contributed by atoms with Gasteiger partial charge in [0.25, 0.3) is 0 Å². The summed E-state index contributed by atoms with van der Waals surface area (Å²) in [6, 6.07) is 7.13. The number of anilines is 1. The van der Waals surface area contributed by atoms with Crippen molar-refractivity contribution in [1.82, 2.24) is 9.97 Å². The van der Waals surface area contributed by atoms with E-state index in [4.69, 9.17) is 4.74 Å². The SMILES string of the molecule is CCOC(=O)c1sc2ncnc(NCCc3ccc(O)cc3)c2c1C. The fraction of sp³-hybridized carbons (Fsp3) is 0.278. The van der Waals surface area contributed by atoms with Gasteiger partial charge in [-0.2, -0.15) is 0 Å². The lowest BCUT2D eigenvalue weighted by Gasteiger charge is -2.07. The summed E-state index contributed by atoms with van der Waals surface area (Å²) < 4.78 is 5.11. The van der Waals surface area contributed by atoms with Gasteiger partial charge < -0.3 is 15.2 Å². The van der Waals surface area contributed by atoms with Crippen LogP contribution in [0, 0.1) is 6.92 Å². The topological polar surface area (TPSA) is 84.3 Å². The van der Waals surface area contributed by atoms with Crippen LogP contribution in [-0.4, -0.2) is 34.2 Å². The molecule has 0 aliphatic rings. The quantitative estimate of drug-likeness (QED) is 0.657. The van der Waals surface area contributed by atoms with Gasteiger partial charge in [0.15, 0.2) is 0 Å². The maximum absolute atomic E-state index is 12.1. The van der Waals surface area contributed by atoms with Crippen LogP contribution in [0.1, 0.15) is 27.7 Å². The van der Waals surface area contributed by atoms with Crippen molar-refractivity contribution in [3.8, 4) is 5.75 Å². The predicted octanol–water partition coefficient (Wildman–Crippen LogP) is 3.54. The lowest BCUT2D eigenvalue weighted by molar-refractivity contribution is 0.0531. The molecule has 0 saturated heterocycles. The normalized spacial score (nSPS) is 10.8. The van der Waals surface area contributed by atoms with Crippen LogP contribution in [0.5, 0.6) is 5.75 Å². The van der Waals surface area contributed by atoms with Crippen molar-refractivity contribution in [3.05, 3.63) is 46.6 Å². The van der Waals surface area contributed by atoms with Crippen LogP contribution in [0.3, 0.4) is 0 Å². The molecule has 0 spiro atoms. The Bertz CT molecular complexity index is 890. The first-order valence-electron chi connectivity index (χ1n) is 8.03. The number of hydrogen-bond acceptors (Lipinski definition) is 7. The standard InChI is InChI=1S/C18H19N3O3S/c1-3-24-18(23)15-11(2)14-16(20-10-21-17(14)25-15)19-9-8-12-4-6-13(22)7-5-12/h4-7,10,22H,3,8-9H2,1-2H3,(H,19,20,21). The highest BCUT2D eigenvalue weighted by Crippen LogP contribution is 2.33. The van der Waals surface area contributed by atoms with Gasteiger partial charge in [-0.15, -0.1) is 11.3 Å². The second-order valence-electron chi connectivity index (χ2n) is 5.52. The third kappa shape index (κ3) is 3.71. The Morgan fingerprint density at radius 3 is 2.76 bits per heavy atom. The highest BCUT2D eigenvalue weighted by atomic mass is 32.1. The molecule has 0 aliphatic carbocycles. The first kappa shape index (κ1) is 17.2. The molecule has 0 atom stereocenters. The van der Waals surface area contributed by atoms with Crippen LogP contribution in [0.4, 0.5) is 5.82 Å². The summed E-state index contributed by atoms with van der Waals surface area (Å²) in [6.07, 6.45) is 2.29. The van der Waals surface area contributed by atoms with Crippen molar-refractivity contribution in [2.75, 3.05) is 18.5 Å². The number of carbonyl (C=O) groups excluding carboxylic acids is 1. The van der Waals surface area contributed by atoms with Gasteiger partial charge in [0.05, 0.1) is 12.0 Å². The number of phenolic OH excluding ortho intramolecular Hbond substituents is 1. The Morgan fingerprint density at radius 1 is 1.28 bits per heavy atom. The monoisotopic (exact) mass is 357 g/mol. The summed E-state index contributed by atoms with van der Waals surface area (Å²) in [6.45, 7) is 4.70. The number of thiophene rings is 1. The van der Waals surface area contributed by atoms with Gasteiger partial charge >= 0.3 is 5.97 Å². The fourth-order valence-corrected chi connectivity index (χ4v) is 3.63. The van der Waals surface area contributed by atoms with Gasteiger partial charge in [-0.25, -0.2) is 14.8 Å². The molecule has 2 aromatic heterocycles. The number of fused-ring (bicyclic) bond motifs is 1. The number of nitrogens with zero attached hydrogens (tertiary/aromatic N) is 2. The molecule has 0 fully saturated rings. The summed E-state index contributed by atoms with van der Waals surface area (Å²) in [5.41, 5.74) is 1.95. The van der Waals surface area contributed by atoms with Crippen LogP contribution in [0.2, 0.25) is 0 Å². The molecule has 0 bridgehead atoms.